The van der Waals surface area contributed by atoms with Crippen molar-refractivity contribution in [2.75, 3.05) is 5.32 Å². The van der Waals surface area contributed by atoms with E-state index in [2.05, 4.69) is 5.32 Å². The first-order valence-corrected chi connectivity index (χ1v) is 5.60. The van der Waals surface area contributed by atoms with Crippen LogP contribution < -0.4 is 5.32 Å². The predicted molar refractivity (Wildman–Crippen MR) is 63.1 cm³/mol. The van der Waals surface area contributed by atoms with Gasteiger partial charge in [-0.3, -0.25) is 4.79 Å². The molecular weight excluding hydrogens is 206 g/mol. The molecule has 0 atom stereocenters. The molecule has 1 N–H and O–H groups in total. The summed E-state index contributed by atoms with van der Waals surface area (Å²) in [4.78, 5) is 11.6. The second-order valence-electron chi connectivity index (χ2n) is 3.19. The lowest BCUT2D eigenvalue weighted by Crippen LogP contribution is -2.13. The van der Waals surface area contributed by atoms with Gasteiger partial charge in [-0.05, 0) is 23.1 Å². The smallest absolute Gasteiger partial charge is 0.229 e. The molecule has 2 aromatic rings. The van der Waals surface area contributed by atoms with Crippen molar-refractivity contribution in [1.29, 1.82) is 0 Å². The summed E-state index contributed by atoms with van der Waals surface area (Å²) in [5, 5.41) is 5.69. The highest BCUT2D eigenvalue weighted by molar-refractivity contribution is 7.14. The number of hydrogen-bond donors (Lipinski definition) is 1. The molecular formula is C12H11NOS. The molecule has 0 aliphatic carbocycles. The molecule has 76 valence electrons. The number of amides is 1. The van der Waals surface area contributed by atoms with Crippen LogP contribution >= 0.6 is 11.3 Å². The molecule has 15 heavy (non-hydrogen) atoms. The number of hydrogen-bond acceptors (Lipinski definition) is 2. The summed E-state index contributed by atoms with van der Waals surface area (Å²) in [7, 11) is 0. The van der Waals surface area contributed by atoms with Crippen LogP contribution in [0.2, 0.25) is 0 Å². The fourth-order valence-electron chi connectivity index (χ4n) is 1.31. The van der Waals surface area contributed by atoms with E-state index in [4.69, 9.17) is 0 Å². The third-order valence-electron chi connectivity index (χ3n) is 1.99. The molecule has 1 aromatic heterocycles. The Hall–Kier alpha value is -1.61. The Bertz CT molecular complexity index is 422. The third-order valence-corrected chi connectivity index (χ3v) is 2.78. The van der Waals surface area contributed by atoms with Gasteiger partial charge in [-0.25, -0.2) is 0 Å². The Morgan fingerprint density at radius 3 is 2.60 bits per heavy atom. The number of benzene rings is 1. The van der Waals surface area contributed by atoms with Crippen LogP contribution in [0.3, 0.4) is 0 Å². The molecule has 0 aliphatic heterocycles. The molecule has 0 fully saturated rings. The van der Waals surface area contributed by atoms with Crippen LogP contribution in [0, 0.1) is 0 Å². The van der Waals surface area contributed by atoms with Crippen molar-refractivity contribution in [1.82, 2.24) is 0 Å². The number of carbonyl (C=O) groups excluding carboxylic acids is 1. The average Bonchev–Trinajstić information content (AvgIpc) is 2.71. The van der Waals surface area contributed by atoms with Gasteiger partial charge in [0.1, 0.15) is 0 Å². The maximum absolute atomic E-state index is 11.6. The maximum atomic E-state index is 11.6. The molecule has 0 saturated heterocycles. The molecule has 1 amide bonds. The Kier molecular flexibility index (Phi) is 3.15. The highest BCUT2D eigenvalue weighted by atomic mass is 32.1. The van der Waals surface area contributed by atoms with Gasteiger partial charge < -0.3 is 5.32 Å². The molecule has 0 aliphatic rings. The van der Waals surface area contributed by atoms with E-state index in [0.717, 1.165) is 10.6 Å². The first-order valence-electron chi connectivity index (χ1n) is 4.72. The lowest BCUT2D eigenvalue weighted by atomic mass is 10.1. The van der Waals surface area contributed by atoms with Crippen molar-refractivity contribution in [3.05, 3.63) is 53.4 Å². The summed E-state index contributed by atoms with van der Waals surface area (Å²) >= 11 is 1.53. The van der Waals surface area contributed by atoms with E-state index < -0.39 is 0 Å². The summed E-state index contributed by atoms with van der Waals surface area (Å²) in [5.74, 6) is 0.0312. The zero-order chi connectivity index (χ0) is 10.5. The molecule has 1 heterocycles. The van der Waals surface area contributed by atoms with E-state index in [1.54, 1.807) is 0 Å². The molecule has 1 aromatic carbocycles. The number of thiophene rings is 1. The minimum atomic E-state index is 0.0312. The van der Waals surface area contributed by atoms with Crippen molar-refractivity contribution in [3.8, 4) is 0 Å². The molecule has 0 radical (unpaired) electrons. The van der Waals surface area contributed by atoms with Gasteiger partial charge in [0.2, 0.25) is 5.91 Å². The predicted octanol–water partition coefficient (Wildman–Crippen LogP) is 2.93. The van der Waals surface area contributed by atoms with Crippen molar-refractivity contribution in [3.63, 3.8) is 0 Å². The fourth-order valence-corrected chi connectivity index (χ4v) is 1.95. The Morgan fingerprint density at radius 1 is 1.13 bits per heavy atom. The lowest BCUT2D eigenvalue weighted by molar-refractivity contribution is -0.115. The van der Waals surface area contributed by atoms with Crippen molar-refractivity contribution in [2.45, 2.75) is 6.42 Å². The van der Waals surface area contributed by atoms with E-state index in [1.165, 1.54) is 11.3 Å². The number of nitrogens with one attached hydrogen (secondary N) is 1. The minimum Gasteiger partial charge on any atom is -0.317 e. The molecule has 2 rings (SSSR count). The van der Waals surface area contributed by atoms with Gasteiger partial charge in [-0.2, -0.15) is 0 Å². The SMILES string of the molecule is O=C(Cc1ccccc1)Nc1cccs1. The fraction of sp³-hybridized carbons (Fsp3) is 0.0833. The lowest BCUT2D eigenvalue weighted by Gasteiger charge is -2.01. The zero-order valence-electron chi connectivity index (χ0n) is 8.14. The Morgan fingerprint density at radius 2 is 1.93 bits per heavy atom. The summed E-state index contributed by atoms with van der Waals surface area (Å²) in [6.07, 6.45) is 0.429. The molecule has 0 unspecified atom stereocenters. The topological polar surface area (TPSA) is 29.1 Å². The maximum Gasteiger partial charge on any atom is 0.229 e. The van der Waals surface area contributed by atoms with E-state index in [1.807, 2.05) is 47.8 Å². The van der Waals surface area contributed by atoms with Gasteiger partial charge in [0, 0.05) is 0 Å². The summed E-state index contributed by atoms with van der Waals surface area (Å²) in [6.45, 7) is 0. The van der Waals surface area contributed by atoms with Crippen LogP contribution in [0.25, 0.3) is 0 Å². The monoisotopic (exact) mass is 217 g/mol. The quantitative estimate of drug-likeness (QED) is 0.841. The third kappa shape index (κ3) is 2.92. The van der Waals surface area contributed by atoms with Crippen LogP contribution in [0.15, 0.2) is 47.8 Å². The Labute approximate surface area is 92.6 Å². The van der Waals surface area contributed by atoms with E-state index in [-0.39, 0.29) is 5.91 Å². The van der Waals surface area contributed by atoms with Gasteiger partial charge in [0.25, 0.3) is 0 Å². The second-order valence-corrected chi connectivity index (χ2v) is 4.14. The number of carbonyl (C=O) groups is 1. The van der Waals surface area contributed by atoms with Crippen LogP contribution in [0.5, 0.6) is 0 Å². The normalized spacial score (nSPS) is 9.87. The van der Waals surface area contributed by atoms with Crippen LogP contribution in [0.1, 0.15) is 5.56 Å². The number of anilines is 1. The van der Waals surface area contributed by atoms with Crippen molar-refractivity contribution in [2.24, 2.45) is 0 Å². The van der Waals surface area contributed by atoms with Gasteiger partial charge in [0.05, 0.1) is 11.4 Å². The zero-order valence-corrected chi connectivity index (χ0v) is 8.96. The average molecular weight is 217 g/mol. The van der Waals surface area contributed by atoms with Gasteiger partial charge >= 0.3 is 0 Å². The first kappa shape index (κ1) is 9.93. The Balaban J connectivity index is 1.94. The molecule has 0 bridgehead atoms. The molecule has 0 saturated carbocycles. The largest absolute Gasteiger partial charge is 0.317 e. The first-order chi connectivity index (χ1) is 7.34. The molecule has 3 heteroatoms. The van der Waals surface area contributed by atoms with E-state index >= 15 is 0 Å². The summed E-state index contributed by atoms with van der Waals surface area (Å²) in [5.41, 5.74) is 1.03. The standard InChI is InChI=1S/C12H11NOS/c14-11(13-12-7-4-8-15-12)9-10-5-2-1-3-6-10/h1-8H,9H2,(H,13,14). The van der Waals surface area contributed by atoms with E-state index in [9.17, 15) is 4.79 Å². The van der Waals surface area contributed by atoms with Crippen molar-refractivity contribution < 1.29 is 4.79 Å². The van der Waals surface area contributed by atoms with Gasteiger partial charge in [0.15, 0.2) is 0 Å². The number of rotatable bonds is 3. The van der Waals surface area contributed by atoms with Crippen LogP contribution in [0.4, 0.5) is 5.00 Å². The van der Waals surface area contributed by atoms with Gasteiger partial charge in [-0.1, -0.05) is 30.3 Å². The summed E-state index contributed by atoms with van der Waals surface area (Å²) in [6, 6.07) is 13.5. The second kappa shape index (κ2) is 4.75. The molecule has 2 nitrogen and oxygen atoms in total. The van der Waals surface area contributed by atoms with Crippen LogP contribution in [-0.2, 0) is 11.2 Å². The highest BCUT2D eigenvalue weighted by Crippen LogP contribution is 2.15. The minimum absolute atomic E-state index is 0.0312. The highest BCUT2D eigenvalue weighted by Gasteiger charge is 2.03. The van der Waals surface area contributed by atoms with Crippen LogP contribution in [-0.4, -0.2) is 5.91 Å². The molecule has 0 spiro atoms. The van der Waals surface area contributed by atoms with Crippen molar-refractivity contribution >= 4 is 22.2 Å². The summed E-state index contributed by atoms with van der Waals surface area (Å²) < 4.78 is 0. The van der Waals surface area contributed by atoms with Gasteiger partial charge in [-0.15, -0.1) is 11.3 Å². The van der Waals surface area contributed by atoms with E-state index in [0.29, 0.717) is 6.42 Å².